The highest BCUT2D eigenvalue weighted by atomic mass is 16.5. The zero-order chi connectivity index (χ0) is 15.4. The number of fused-ring (bicyclic) bond motifs is 2. The van der Waals surface area contributed by atoms with Crippen LogP contribution in [0.5, 0.6) is 0 Å². The lowest BCUT2D eigenvalue weighted by atomic mass is 9.92. The minimum absolute atomic E-state index is 0.152. The van der Waals surface area contributed by atoms with Crippen LogP contribution in [0.3, 0.4) is 0 Å². The monoisotopic (exact) mass is 310 g/mol. The number of nitrogens with zero attached hydrogens (tertiary/aromatic N) is 4. The van der Waals surface area contributed by atoms with Crippen LogP contribution in [0.4, 0.5) is 5.95 Å². The third-order valence-electron chi connectivity index (χ3n) is 5.58. The van der Waals surface area contributed by atoms with Gasteiger partial charge < -0.3 is 9.64 Å². The fourth-order valence-corrected chi connectivity index (χ4v) is 4.05. The Labute approximate surface area is 136 Å². The van der Waals surface area contributed by atoms with E-state index < -0.39 is 0 Å². The summed E-state index contributed by atoms with van der Waals surface area (Å²) in [5.74, 6) is 2.88. The molecule has 1 aromatic heterocycles. The Morgan fingerprint density at radius 1 is 1.26 bits per heavy atom. The lowest BCUT2D eigenvalue weighted by molar-refractivity contribution is -0.0205. The van der Waals surface area contributed by atoms with E-state index in [-0.39, 0.29) is 5.60 Å². The zero-order valence-corrected chi connectivity index (χ0v) is 13.5. The third kappa shape index (κ3) is 2.10. The van der Waals surface area contributed by atoms with E-state index in [4.69, 9.17) is 4.74 Å². The van der Waals surface area contributed by atoms with Crippen LogP contribution in [0.1, 0.15) is 36.2 Å². The molecule has 2 fully saturated rings. The Kier molecular flexibility index (Phi) is 2.83. The van der Waals surface area contributed by atoms with Gasteiger partial charge in [-0.05, 0) is 43.2 Å². The highest BCUT2D eigenvalue weighted by Crippen LogP contribution is 2.44. The number of benzene rings is 1. The molecular weight excluding hydrogens is 288 g/mol. The molecule has 3 heterocycles. The summed E-state index contributed by atoms with van der Waals surface area (Å²) in [5, 5.41) is 8.80. The minimum Gasteiger partial charge on any atom is -0.364 e. The Morgan fingerprint density at radius 2 is 2.13 bits per heavy atom. The Bertz CT molecular complexity index is 751. The van der Waals surface area contributed by atoms with Gasteiger partial charge in [-0.2, -0.15) is 0 Å². The first-order chi connectivity index (χ1) is 11.3. The van der Waals surface area contributed by atoms with Gasteiger partial charge in [-0.1, -0.05) is 24.3 Å². The second-order valence-electron chi connectivity index (χ2n) is 7.21. The maximum atomic E-state index is 6.26. The molecule has 1 aromatic carbocycles. The van der Waals surface area contributed by atoms with Crippen LogP contribution in [0, 0.1) is 12.8 Å². The summed E-state index contributed by atoms with van der Waals surface area (Å²) in [6.45, 7) is 5.73. The van der Waals surface area contributed by atoms with E-state index in [1.54, 1.807) is 0 Å². The quantitative estimate of drug-likeness (QED) is 0.874. The van der Waals surface area contributed by atoms with Crippen LogP contribution >= 0.6 is 0 Å². The van der Waals surface area contributed by atoms with Gasteiger partial charge in [0.1, 0.15) is 11.4 Å². The summed E-state index contributed by atoms with van der Waals surface area (Å²) in [6, 6.07) is 8.64. The summed E-state index contributed by atoms with van der Waals surface area (Å²) >= 11 is 0. The van der Waals surface area contributed by atoms with Crippen molar-refractivity contribution in [3.05, 3.63) is 41.2 Å². The number of anilines is 1. The molecule has 0 bridgehead atoms. The molecule has 3 aliphatic rings. The number of aryl methyl sites for hydroxylation is 1. The average molecular weight is 310 g/mol. The lowest BCUT2D eigenvalue weighted by Crippen LogP contribution is -2.32. The molecule has 1 atom stereocenters. The van der Waals surface area contributed by atoms with Crippen molar-refractivity contribution in [2.24, 2.45) is 5.92 Å². The predicted molar refractivity (Wildman–Crippen MR) is 87.2 cm³/mol. The molecule has 1 aliphatic carbocycles. The molecule has 23 heavy (non-hydrogen) atoms. The maximum Gasteiger partial charge on any atom is 0.227 e. The van der Waals surface area contributed by atoms with E-state index in [9.17, 15) is 0 Å². The minimum atomic E-state index is -0.152. The molecule has 1 unspecified atom stereocenters. The van der Waals surface area contributed by atoms with E-state index in [1.807, 2.05) is 0 Å². The van der Waals surface area contributed by atoms with Crippen LogP contribution in [0.25, 0.3) is 0 Å². The molecule has 5 rings (SSSR count). The lowest BCUT2D eigenvalue weighted by Gasteiger charge is -2.25. The molecule has 1 spiro atoms. The first-order valence-electron chi connectivity index (χ1n) is 8.62. The van der Waals surface area contributed by atoms with Gasteiger partial charge in [0.2, 0.25) is 5.95 Å². The van der Waals surface area contributed by atoms with Gasteiger partial charge in [-0.3, -0.25) is 4.57 Å². The highest BCUT2D eigenvalue weighted by Gasteiger charge is 2.46. The number of hydrogen-bond donors (Lipinski definition) is 0. The van der Waals surface area contributed by atoms with Crippen molar-refractivity contribution in [1.29, 1.82) is 0 Å². The topological polar surface area (TPSA) is 43.2 Å². The molecule has 2 aliphatic heterocycles. The molecule has 5 heteroatoms. The molecule has 2 aromatic rings. The fourth-order valence-electron chi connectivity index (χ4n) is 4.05. The largest absolute Gasteiger partial charge is 0.364 e. The molecule has 0 N–H and O–H groups in total. The Balaban J connectivity index is 1.45. The zero-order valence-electron chi connectivity index (χ0n) is 13.5. The van der Waals surface area contributed by atoms with E-state index in [1.165, 1.54) is 24.0 Å². The van der Waals surface area contributed by atoms with Gasteiger partial charge in [0, 0.05) is 13.1 Å². The first kappa shape index (κ1) is 13.5. The van der Waals surface area contributed by atoms with Crippen molar-refractivity contribution < 1.29 is 4.74 Å². The molecule has 120 valence electrons. The van der Waals surface area contributed by atoms with Crippen LogP contribution in [-0.2, 0) is 23.5 Å². The molecule has 0 amide bonds. The van der Waals surface area contributed by atoms with Crippen molar-refractivity contribution in [1.82, 2.24) is 14.8 Å². The van der Waals surface area contributed by atoms with E-state index >= 15 is 0 Å². The van der Waals surface area contributed by atoms with Crippen molar-refractivity contribution in [2.45, 2.75) is 44.9 Å². The van der Waals surface area contributed by atoms with Crippen LogP contribution in [0.2, 0.25) is 0 Å². The second kappa shape index (κ2) is 4.81. The van der Waals surface area contributed by atoms with Gasteiger partial charge >= 0.3 is 0 Å². The number of rotatable bonds is 3. The SMILES string of the molecule is Cc1nnc(N2CCC3(C2)OCc2ccccc23)n1CC1CC1. The predicted octanol–water partition coefficient (Wildman–Crippen LogP) is 2.63. The number of aromatic nitrogens is 3. The van der Waals surface area contributed by atoms with Crippen molar-refractivity contribution >= 4 is 5.95 Å². The van der Waals surface area contributed by atoms with Gasteiger partial charge in [-0.15, -0.1) is 10.2 Å². The van der Waals surface area contributed by atoms with E-state index in [2.05, 4.69) is 50.9 Å². The van der Waals surface area contributed by atoms with Crippen molar-refractivity contribution in [2.75, 3.05) is 18.0 Å². The van der Waals surface area contributed by atoms with Gasteiger partial charge in [0.25, 0.3) is 0 Å². The van der Waals surface area contributed by atoms with Crippen LogP contribution in [-0.4, -0.2) is 27.9 Å². The smallest absolute Gasteiger partial charge is 0.227 e. The molecule has 1 saturated carbocycles. The van der Waals surface area contributed by atoms with E-state index in [0.29, 0.717) is 0 Å². The first-order valence-corrected chi connectivity index (χ1v) is 8.62. The fraction of sp³-hybridized carbons (Fsp3) is 0.556. The number of hydrogen-bond acceptors (Lipinski definition) is 4. The highest BCUT2D eigenvalue weighted by molar-refractivity contribution is 5.43. The van der Waals surface area contributed by atoms with Crippen LogP contribution < -0.4 is 4.90 Å². The normalized spacial score (nSPS) is 26.2. The summed E-state index contributed by atoms with van der Waals surface area (Å²) in [6.07, 6.45) is 3.72. The summed E-state index contributed by atoms with van der Waals surface area (Å²) in [7, 11) is 0. The third-order valence-corrected chi connectivity index (χ3v) is 5.58. The van der Waals surface area contributed by atoms with Gasteiger partial charge in [0.15, 0.2) is 0 Å². The van der Waals surface area contributed by atoms with Crippen molar-refractivity contribution in [3.63, 3.8) is 0 Å². The molecule has 0 radical (unpaired) electrons. The summed E-state index contributed by atoms with van der Waals surface area (Å²) < 4.78 is 8.57. The van der Waals surface area contributed by atoms with Gasteiger partial charge in [-0.25, -0.2) is 0 Å². The van der Waals surface area contributed by atoms with E-state index in [0.717, 1.165) is 50.4 Å². The maximum absolute atomic E-state index is 6.26. The molecular formula is C18H22N4O. The summed E-state index contributed by atoms with van der Waals surface area (Å²) in [4.78, 5) is 2.37. The Hall–Kier alpha value is -1.88. The standard InChI is InChI=1S/C18H22N4O/c1-13-19-20-17(22(13)10-14-6-7-14)21-9-8-18(12-21)16-5-3-2-4-15(16)11-23-18/h2-5,14H,6-12H2,1H3. The molecule has 1 saturated heterocycles. The number of ether oxygens (including phenoxy) is 1. The van der Waals surface area contributed by atoms with Crippen LogP contribution in [0.15, 0.2) is 24.3 Å². The molecule has 5 nitrogen and oxygen atoms in total. The Morgan fingerprint density at radius 3 is 3.00 bits per heavy atom. The van der Waals surface area contributed by atoms with Crippen molar-refractivity contribution in [3.8, 4) is 0 Å². The van der Waals surface area contributed by atoms with Gasteiger partial charge in [0.05, 0.1) is 13.2 Å². The second-order valence-corrected chi connectivity index (χ2v) is 7.21. The summed E-state index contributed by atoms with van der Waals surface area (Å²) in [5.41, 5.74) is 2.55. The average Bonchev–Trinajstić information content (AvgIpc) is 3.02.